The van der Waals surface area contributed by atoms with E-state index in [2.05, 4.69) is 56.5 Å². The zero-order chi connectivity index (χ0) is 42.1. The minimum Gasteiger partial charge on any atom is -0.469 e. The summed E-state index contributed by atoms with van der Waals surface area (Å²) < 4.78 is 15.5. The molecule has 0 fully saturated rings. The zero-order valence-electron chi connectivity index (χ0n) is 37.7. The first-order valence-electron chi connectivity index (χ1n) is 23.2. The highest BCUT2D eigenvalue weighted by molar-refractivity contribution is 5.70. The molecule has 0 heterocycles. The SMILES string of the molecule is CCCCCCCCCCCCOC(=O)CCN(CCC(=O)OCCCCCCCCCCCC)[C@H](CO)[C@@H](C)CC.CC[C@H](C)[C@@H](CO)NCCC(=O)OC. The lowest BCUT2D eigenvalue weighted by atomic mass is 9.98. The van der Waals surface area contributed by atoms with Gasteiger partial charge in [-0.05, 0) is 24.7 Å². The van der Waals surface area contributed by atoms with Crippen LogP contribution in [0.2, 0.25) is 0 Å². The van der Waals surface area contributed by atoms with E-state index in [1.807, 2.05) is 0 Å². The van der Waals surface area contributed by atoms with Gasteiger partial charge >= 0.3 is 17.9 Å². The van der Waals surface area contributed by atoms with E-state index in [9.17, 15) is 19.5 Å². The summed E-state index contributed by atoms with van der Waals surface area (Å²) in [4.78, 5) is 37.7. The summed E-state index contributed by atoms with van der Waals surface area (Å²) in [6.45, 7) is 15.5. The molecule has 0 saturated heterocycles. The maximum Gasteiger partial charge on any atom is 0.307 e. The van der Waals surface area contributed by atoms with E-state index in [0.717, 1.165) is 38.5 Å². The first-order valence-corrected chi connectivity index (χ1v) is 23.2. The van der Waals surface area contributed by atoms with Crippen LogP contribution in [-0.2, 0) is 28.6 Å². The molecule has 0 spiro atoms. The van der Waals surface area contributed by atoms with E-state index in [1.54, 1.807) is 0 Å². The third-order valence-electron chi connectivity index (χ3n) is 11.2. The van der Waals surface area contributed by atoms with Gasteiger partial charge in [-0.1, -0.05) is 170 Å². The number of nitrogens with zero attached hydrogens (tertiary/aromatic N) is 1. The van der Waals surface area contributed by atoms with Gasteiger partial charge in [0.15, 0.2) is 0 Å². The van der Waals surface area contributed by atoms with Crippen molar-refractivity contribution < 1.29 is 38.8 Å². The molecule has 0 aliphatic carbocycles. The van der Waals surface area contributed by atoms with Gasteiger partial charge in [-0.3, -0.25) is 19.3 Å². The summed E-state index contributed by atoms with van der Waals surface area (Å²) in [6.07, 6.45) is 27.9. The number of methoxy groups -OCH3 is 1. The van der Waals surface area contributed by atoms with E-state index in [-0.39, 0.29) is 62.0 Å². The molecule has 0 radical (unpaired) electrons. The molecule has 0 aromatic carbocycles. The number of hydrogen-bond donors (Lipinski definition) is 3. The molecule has 56 heavy (non-hydrogen) atoms. The van der Waals surface area contributed by atoms with Crippen LogP contribution in [0.5, 0.6) is 0 Å². The fourth-order valence-electron chi connectivity index (χ4n) is 6.73. The lowest BCUT2D eigenvalue weighted by Crippen LogP contribution is -2.44. The fraction of sp³-hybridized carbons (Fsp3) is 0.935. The van der Waals surface area contributed by atoms with Crippen molar-refractivity contribution in [3.8, 4) is 0 Å². The Balaban J connectivity index is 0. The lowest BCUT2D eigenvalue weighted by molar-refractivity contribution is -0.145. The molecule has 0 aromatic heterocycles. The number of ether oxygens (including phenoxy) is 3. The van der Waals surface area contributed by atoms with Gasteiger partial charge in [0.2, 0.25) is 0 Å². The monoisotopic (exact) mass is 801 g/mol. The normalized spacial score (nSPS) is 13.4. The highest BCUT2D eigenvalue weighted by Gasteiger charge is 2.24. The van der Waals surface area contributed by atoms with Crippen molar-refractivity contribution in [2.75, 3.05) is 53.2 Å². The standard InChI is InChI=1S/C36H71NO5.C10H21NO3/c1-5-8-10-12-14-16-18-20-22-24-30-41-35(39)26-28-37(34(32-38)33(4)7-3)29-27-36(40)42-31-25-23-21-19-17-15-13-11-9-6-2;1-4-8(2)9(7-12)11-6-5-10(13)14-3/h33-34,38H,5-32H2,1-4H3;8-9,11-12H,4-7H2,1-3H3/t33-,34+;8-,9+/m00/s1. The van der Waals surface area contributed by atoms with E-state index >= 15 is 0 Å². The van der Waals surface area contributed by atoms with Crippen molar-refractivity contribution in [3.63, 3.8) is 0 Å². The van der Waals surface area contributed by atoms with Crippen LogP contribution >= 0.6 is 0 Å². The molecule has 4 atom stereocenters. The smallest absolute Gasteiger partial charge is 0.307 e. The lowest BCUT2D eigenvalue weighted by Gasteiger charge is -2.34. The van der Waals surface area contributed by atoms with Crippen molar-refractivity contribution in [1.82, 2.24) is 10.2 Å². The first kappa shape index (κ1) is 56.3. The maximum absolute atomic E-state index is 12.4. The quantitative estimate of drug-likeness (QED) is 0.0313. The summed E-state index contributed by atoms with van der Waals surface area (Å²) in [5.74, 6) is 0.0666. The van der Waals surface area contributed by atoms with Crippen molar-refractivity contribution in [1.29, 1.82) is 0 Å². The molecule has 0 rings (SSSR count). The molecular formula is C46H92N2O8. The number of unbranched alkanes of at least 4 members (excludes halogenated alkanes) is 18. The number of carbonyl (C=O) groups excluding carboxylic acids is 3. The second-order valence-electron chi connectivity index (χ2n) is 15.9. The van der Waals surface area contributed by atoms with Crippen LogP contribution in [0.4, 0.5) is 0 Å². The third-order valence-corrected chi connectivity index (χ3v) is 11.2. The van der Waals surface area contributed by atoms with Crippen LogP contribution in [0, 0.1) is 11.8 Å². The van der Waals surface area contributed by atoms with E-state index < -0.39 is 0 Å². The van der Waals surface area contributed by atoms with Crippen molar-refractivity contribution in [2.24, 2.45) is 11.8 Å². The van der Waals surface area contributed by atoms with Gasteiger partial charge in [0, 0.05) is 31.7 Å². The molecule has 0 aromatic rings. The molecule has 334 valence electrons. The van der Waals surface area contributed by atoms with Gasteiger partial charge in [0.1, 0.15) is 0 Å². The summed E-state index contributed by atoms with van der Waals surface area (Å²) >= 11 is 0. The number of rotatable bonds is 39. The summed E-state index contributed by atoms with van der Waals surface area (Å²) in [5, 5.41) is 22.3. The topological polar surface area (TPSA) is 135 Å². The van der Waals surface area contributed by atoms with Crippen LogP contribution < -0.4 is 5.32 Å². The van der Waals surface area contributed by atoms with E-state index in [0.29, 0.717) is 45.2 Å². The molecule has 0 aliphatic heterocycles. The Hall–Kier alpha value is -1.75. The second-order valence-corrected chi connectivity index (χ2v) is 15.9. The van der Waals surface area contributed by atoms with Crippen LogP contribution in [0.1, 0.15) is 202 Å². The molecule has 10 heteroatoms. The largest absolute Gasteiger partial charge is 0.469 e. The average Bonchev–Trinajstić information content (AvgIpc) is 3.21. The molecule has 0 amide bonds. The van der Waals surface area contributed by atoms with Crippen molar-refractivity contribution >= 4 is 17.9 Å². The van der Waals surface area contributed by atoms with Crippen molar-refractivity contribution in [2.45, 2.75) is 214 Å². The van der Waals surface area contributed by atoms with Crippen LogP contribution in [0.25, 0.3) is 0 Å². The Kier molecular flexibility index (Phi) is 43.1. The van der Waals surface area contributed by atoms with Gasteiger partial charge in [0.05, 0.1) is 52.8 Å². The maximum atomic E-state index is 12.4. The molecule has 0 bridgehead atoms. The molecule has 0 unspecified atom stereocenters. The molecule has 0 saturated carbocycles. The Morgan fingerprint density at radius 2 is 0.929 bits per heavy atom. The number of aliphatic hydroxyl groups excluding tert-OH is 2. The van der Waals surface area contributed by atoms with E-state index in [4.69, 9.17) is 14.6 Å². The van der Waals surface area contributed by atoms with Crippen LogP contribution in [-0.4, -0.2) is 98.3 Å². The predicted octanol–water partition coefficient (Wildman–Crippen LogP) is 9.95. The summed E-state index contributed by atoms with van der Waals surface area (Å²) in [6, 6.07) is -0.01000. The number of nitrogens with one attached hydrogen (secondary N) is 1. The Bertz CT molecular complexity index is 834. The van der Waals surface area contributed by atoms with Gasteiger partial charge < -0.3 is 29.7 Å². The fourth-order valence-corrected chi connectivity index (χ4v) is 6.73. The van der Waals surface area contributed by atoms with Gasteiger partial charge in [-0.15, -0.1) is 0 Å². The molecule has 3 N–H and O–H groups in total. The Morgan fingerprint density at radius 1 is 0.536 bits per heavy atom. The van der Waals surface area contributed by atoms with Crippen LogP contribution in [0.3, 0.4) is 0 Å². The minimum atomic E-state index is -0.224. The number of hydrogen-bond acceptors (Lipinski definition) is 10. The zero-order valence-corrected chi connectivity index (χ0v) is 37.7. The van der Waals surface area contributed by atoms with Gasteiger partial charge in [-0.2, -0.15) is 0 Å². The number of aliphatic hydroxyl groups is 2. The number of carbonyl (C=O) groups is 3. The molecule has 10 nitrogen and oxygen atoms in total. The van der Waals surface area contributed by atoms with Crippen LogP contribution in [0.15, 0.2) is 0 Å². The van der Waals surface area contributed by atoms with Crippen molar-refractivity contribution in [3.05, 3.63) is 0 Å². The Labute approximate surface area is 345 Å². The summed E-state index contributed by atoms with van der Waals surface area (Å²) in [5.41, 5.74) is 0. The predicted molar refractivity (Wildman–Crippen MR) is 232 cm³/mol. The minimum absolute atomic E-state index is 0.0102. The van der Waals surface area contributed by atoms with E-state index in [1.165, 1.54) is 110 Å². The van der Waals surface area contributed by atoms with Gasteiger partial charge in [-0.25, -0.2) is 0 Å². The first-order chi connectivity index (χ1) is 27.1. The molecular weight excluding hydrogens is 709 g/mol. The average molecular weight is 801 g/mol. The highest BCUT2D eigenvalue weighted by Crippen LogP contribution is 2.17. The molecule has 0 aliphatic rings. The third kappa shape index (κ3) is 35.4. The summed E-state index contributed by atoms with van der Waals surface area (Å²) in [7, 11) is 1.38. The number of esters is 3. The highest BCUT2D eigenvalue weighted by atomic mass is 16.5. The second kappa shape index (κ2) is 42.8. The van der Waals surface area contributed by atoms with Gasteiger partial charge in [0.25, 0.3) is 0 Å². The Morgan fingerprint density at radius 3 is 1.27 bits per heavy atom.